The van der Waals surface area contributed by atoms with Crippen molar-refractivity contribution in [3.8, 4) is 33.8 Å². The van der Waals surface area contributed by atoms with Crippen molar-refractivity contribution < 1.29 is 9.47 Å². The van der Waals surface area contributed by atoms with Crippen molar-refractivity contribution in [2.75, 3.05) is 31.9 Å². The maximum Gasteiger partial charge on any atom is 0.165 e. The van der Waals surface area contributed by atoms with Crippen LogP contribution in [0.15, 0.2) is 42.6 Å². The summed E-state index contributed by atoms with van der Waals surface area (Å²) in [7, 11) is 5.35. The molecule has 0 spiro atoms. The molecule has 3 aliphatic carbocycles. The van der Waals surface area contributed by atoms with E-state index in [4.69, 9.17) is 24.5 Å². The largest absolute Gasteiger partial charge is 0.497 e. The van der Waals surface area contributed by atoms with Gasteiger partial charge in [0.1, 0.15) is 23.1 Å². The number of hydrogen-bond donors (Lipinski definition) is 2. The maximum atomic E-state index is 5.38. The summed E-state index contributed by atoms with van der Waals surface area (Å²) < 4.78 is 14.7. The fourth-order valence-corrected chi connectivity index (χ4v) is 7.88. The molecule has 50 heavy (non-hydrogen) atoms. The summed E-state index contributed by atoms with van der Waals surface area (Å²) in [6.45, 7) is 6.31. The first kappa shape index (κ1) is 32.1. The van der Waals surface area contributed by atoms with Crippen LogP contribution in [0.5, 0.6) is 11.5 Å². The maximum absolute atomic E-state index is 5.38. The van der Waals surface area contributed by atoms with Gasteiger partial charge in [-0.25, -0.2) is 9.97 Å². The first-order valence-electron chi connectivity index (χ1n) is 17.9. The van der Waals surface area contributed by atoms with Gasteiger partial charge < -0.3 is 20.1 Å². The molecule has 3 aliphatic rings. The number of nitrogens with zero attached hydrogens (tertiary/aromatic N) is 6. The highest BCUT2D eigenvalue weighted by molar-refractivity contribution is 5.84. The van der Waals surface area contributed by atoms with Crippen LogP contribution in [-0.4, -0.2) is 56.5 Å². The van der Waals surface area contributed by atoms with Gasteiger partial charge in [0.15, 0.2) is 11.3 Å². The highest BCUT2D eigenvalue weighted by atomic mass is 16.5. The van der Waals surface area contributed by atoms with E-state index in [1.54, 1.807) is 14.2 Å². The van der Waals surface area contributed by atoms with Crippen LogP contribution in [0, 0.1) is 20.8 Å². The molecule has 0 unspecified atom stereocenters. The van der Waals surface area contributed by atoms with Crippen molar-refractivity contribution in [2.45, 2.75) is 84.6 Å². The zero-order valence-corrected chi connectivity index (χ0v) is 30.0. The SMILES string of the molecule is CNc1c2c(nc3c(-c4ccc(OC)cc4C)cnn13)CCC2.COc1ccc(-c2c(C)nn3c(NC4CCC4)c4c(nc23)CCC4)c(C)c1. The van der Waals surface area contributed by atoms with E-state index in [1.807, 2.05) is 36.0 Å². The van der Waals surface area contributed by atoms with E-state index >= 15 is 0 Å². The van der Waals surface area contributed by atoms with Gasteiger partial charge in [-0.05, 0) is 125 Å². The Balaban J connectivity index is 0.000000146. The van der Waals surface area contributed by atoms with Gasteiger partial charge in [0.2, 0.25) is 0 Å². The standard InChI is InChI=1S/C22H26N4O.C18H20N4O/c1-13-12-16(27-3)10-11-17(13)20-14(2)25-26-21(23-15-6-4-7-15)18-8-5-9-19(18)24-22(20)26;1-11-9-12(23-3)7-8-13(11)15-10-20-22-17(19-2)14-5-4-6-16(14)21-18(15)22/h10-12,15,23H,4-9H2,1-3H3;7-10,19H,4-6H2,1-3H3. The number of aromatic nitrogens is 6. The zero-order chi connectivity index (χ0) is 34.5. The van der Waals surface area contributed by atoms with E-state index in [9.17, 15) is 0 Å². The zero-order valence-electron chi connectivity index (χ0n) is 30.0. The first-order valence-corrected chi connectivity index (χ1v) is 17.9. The van der Waals surface area contributed by atoms with Gasteiger partial charge in [-0.2, -0.15) is 19.2 Å². The molecule has 0 amide bonds. The van der Waals surface area contributed by atoms with Gasteiger partial charge in [0.05, 0.1) is 26.1 Å². The highest BCUT2D eigenvalue weighted by Gasteiger charge is 2.28. The van der Waals surface area contributed by atoms with E-state index in [2.05, 4.69) is 59.2 Å². The molecule has 0 bridgehead atoms. The third-order valence-electron chi connectivity index (χ3n) is 10.7. The van der Waals surface area contributed by atoms with Crippen molar-refractivity contribution >= 4 is 22.9 Å². The summed E-state index contributed by atoms with van der Waals surface area (Å²) in [6.07, 6.45) is 12.4. The molecule has 0 atom stereocenters. The topological polar surface area (TPSA) is 103 Å². The number of fused-ring (bicyclic) bond motifs is 4. The molecule has 0 saturated heterocycles. The lowest BCUT2D eigenvalue weighted by Gasteiger charge is -2.28. The second kappa shape index (κ2) is 13.0. The summed E-state index contributed by atoms with van der Waals surface area (Å²) in [5, 5.41) is 16.6. The summed E-state index contributed by atoms with van der Waals surface area (Å²) >= 11 is 0. The Labute approximate surface area is 293 Å². The molecule has 4 heterocycles. The Morgan fingerprint density at radius 3 is 1.90 bits per heavy atom. The number of anilines is 2. The number of aryl methyl sites for hydroxylation is 5. The fraction of sp³-hybridized carbons (Fsp3) is 0.400. The summed E-state index contributed by atoms with van der Waals surface area (Å²) in [4.78, 5) is 9.99. The number of nitrogens with one attached hydrogen (secondary N) is 2. The molecule has 6 aromatic rings. The molecule has 1 fully saturated rings. The van der Waals surface area contributed by atoms with Gasteiger partial charge >= 0.3 is 0 Å². The van der Waals surface area contributed by atoms with Crippen LogP contribution in [0.3, 0.4) is 0 Å². The molecule has 10 nitrogen and oxygen atoms in total. The number of rotatable bonds is 7. The molecule has 10 heteroatoms. The number of hydrogen-bond acceptors (Lipinski definition) is 8. The minimum Gasteiger partial charge on any atom is -0.497 e. The van der Waals surface area contributed by atoms with Crippen molar-refractivity contribution in [1.82, 2.24) is 29.2 Å². The molecule has 1 saturated carbocycles. The lowest BCUT2D eigenvalue weighted by atomic mass is 9.93. The molecule has 2 N–H and O–H groups in total. The number of ether oxygens (including phenoxy) is 2. The van der Waals surface area contributed by atoms with E-state index in [1.165, 1.54) is 71.6 Å². The third-order valence-corrected chi connectivity index (χ3v) is 10.7. The predicted octanol–water partition coefficient (Wildman–Crippen LogP) is 7.72. The van der Waals surface area contributed by atoms with Crippen LogP contribution in [0.25, 0.3) is 33.5 Å². The van der Waals surface area contributed by atoms with Gasteiger partial charge in [-0.3, -0.25) is 0 Å². The smallest absolute Gasteiger partial charge is 0.165 e. The van der Waals surface area contributed by atoms with Gasteiger partial charge in [0.25, 0.3) is 0 Å². The van der Waals surface area contributed by atoms with Gasteiger partial charge in [0, 0.05) is 46.7 Å². The quantitative estimate of drug-likeness (QED) is 0.178. The van der Waals surface area contributed by atoms with E-state index in [0.717, 1.165) is 82.2 Å². The van der Waals surface area contributed by atoms with Crippen molar-refractivity contribution in [2.24, 2.45) is 0 Å². The molecule has 0 radical (unpaired) electrons. The average Bonchev–Trinajstić information content (AvgIpc) is 3.91. The molecular weight excluding hydrogens is 624 g/mol. The van der Waals surface area contributed by atoms with E-state index in [-0.39, 0.29) is 0 Å². The number of benzene rings is 2. The molecule has 0 aliphatic heterocycles. The summed E-state index contributed by atoms with van der Waals surface area (Å²) in [5.41, 5.74) is 14.9. The first-order chi connectivity index (χ1) is 24.4. The molecule has 9 rings (SSSR count). The summed E-state index contributed by atoms with van der Waals surface area (Å²) in [6, 6.07) is 12.9. The highest BCUT2D eigenvalue weighted by Crippen LogP contribution is 2.38. The van der Waals surface area contributed by atoms with Crippen LogP contribution in [0.4, 0.5) is 11.6 Å². The molecular formula is C40H46N8O2. The Morgan fingerprint density at radius 2 is 1.32 bits per heavy atom. The Morgan fingerprint density at radius 1 is 0.700 bits per heavy atom. The molecule has 4 aromatic heterocycles. The van der Waals surface area contributed by atoms with Crippen molar-refractivity contribution in [1.29, 1.82) is 0 Å². The predicted molar refractivity (Wildman–Crippen MR) is 199 cm³/mol. The monoisotopic (exact) mass is 670 g/mol. The normalized spacial score (nSPS) is 15.0. The minimum atomic E-state index is 0.580. The van der Waals surface area contributed by atoms with E-state index in [0.29, 0.717) is 6.04 Å². The van der Waals surface area contributed by atoms with Gasteiger partial charge in [-0.15, -0.1) is 0 Å². The van der Waals surface area contributed by atoms with Gasteiger partial charge in [-0.1, -0.05) is 12.1 Å². The molecule has 258 valence electrons. The van der Waals surface area contributed by atoms with Crippen LogP contribution in [0.2, 0.25) is 0 Å². The summed E-state index contributed by atoms with van der Waals surface area (Å²) in [5.74, 6) is 4.00. The Kier molecular flexibility index (Phi) is 8.33. The van der Waals surface area contributed by atoms with Crippen LogP contribution in [-0.2, 0) is 25.7 Å². The second-order valence-electron chi connectivity index (χ2n) is 13.9. The van der Waals surface area contributed by atoms with Crippen LogP contribution in [0.1, 0.15) is 71.4 Å². The average molecular weight is 671 g/mol. The Hall–Kier alpha value is -5.12. The lowest BCUT2D eigenvalue weighted by Crippen LogP contribution is -2.29. The Bertz CT molecular complexity index is 2250. The lowest BCUT2D eigenvalue weighted by molar-refractivity contribution is 0.414. The second-order valence-corrected chi connectivity index (χ2v) is 13.9. The van der Waals surface area contributed by atoms with Crippen molar-refractivity contribution in [3.63, 3.8) is 0 Å². The third kappa shape index (κ3) is 5.41. The van der Waals surface area contributed by atoms with Crippen molar-refractivity contribution in [3.05, 3.63) is 81.9 Å². The van der Waals surface area contributed by atoms with Crippen LogP contribution < -0.4 is 20.1 Å². The molecule has 2 aromatic carbocycles. The van der Waals surface area contributed by atoms with E-state index < -0.39 is 0 Å². The number of methoxy groups -OCH3 is 2. The van der Waals surface area contributed by atoms with Crippen LogP contribution >= 0.6 is 0 Å². The minimum absolute atomic E-state index is 0.580. The fourth-order valence-electron chi connectivity index (χ4n) is 7.88.